The van der Waals surface area contributed by atoms with E-state index in [-0.39, 0.29) is 17.8 Å². The van der Waals surface area contributed by atoms with Gasteiger partial charge in [0.05, 0.1) is 25.3 Å². The summed E-state index contributed by atoms with van der Waals surface area (Å²) >= 11 is 0. The van der Waals surface area contributed by atoms with Crippen LogP contribution >= 0.6 is 0 Å². The van der Waals surface area contributed by atoms with E-state index in [0.717, 1.165) is 22.6 Å². The molecule has 0 unspecified atom stereocenters. The molecule has 6 nitrogen and oxygen atoms in total. The normalized spacial score (nSPS) is 13.7. The Balaban J connectivity index is 1.56. The van der Waals surface area contributed by atoms with Crippen LogP contribution in [0.5, 0.6) is 5.75 Å². The first kappa shape index (κ1) is 20.7. The predicted octanol–water partition coefficient (Wildman–Crippen LogP) is 4.58. The van der Waals surface area contributed by atoms with Crippen LogP contribution in [-0.4, -0.2) is 31.2 Å². The van der Waals surface area contributed by atoms with Gasteiger partial charge in [-0.1, -0.05) is 24.3 Å². The maximum absolute atomic E-state index is 13.3. The monoisotopic (exact) mass is 421 g/mol. The summed E-state index contributed by atoms with van der Waals surface area (Å²) in [6.45, 7) is 3.93. The average Bonchev–Trinajstić information content (AvgIpc) is 2.80. The van der Waals surface area contributed by atoms with Crippen LogP contribution in [0.1, 0.15) is 34.5 Å². The lowest BCUT2D eigenvalue weighted by atomic mass is 10.1. The van der Waals surface area contributed by atoms with Crippen LogP contribution in [0.2, 0.25) is 0 Å². The van der Waals surface area contributed by atoms with E-state index in [9.17, 15) is 9.18 Å². The molecule has 0 spiro atoms. The van der Waals surface area contributed by atoms with Gasteiger partial charge in [-0.15, -0.1) is 0 Å². The number of hydrogen-bond acceptors (Lipinski definition) is 6. The lowest BCUT2D eigenvalue weighted by Gasteiger charge is -2.33. The van der Waals surface area contributed by atoms with Crippen LogP contribution in [0.15, 0.2) is 60.8 Å². The molecule has 1 aliphatic heterocycles. The minimum atomic E-state index is -0.362. The zero-order chi connectivity index (χ0) is 21.8. The first-order chi connectivity index (χ1) is 15.0. The van der Waals surface area contributed by atoms with Crippen LogP contribution < -0.4 is 15.0 Å². The Labute approximate surface area is 180 Å². The van der Waals surface area contributed by atoms with Gasteiger partial charge in [-0.25, -0.2) is 14.2 Å². The number of esters is 1. The van der Waals surface area contributed by atoms with Crippen molar-refractivity contribution in [3.05, 3.63) is 83.3 Å². The van der Waals surface area contributed by atoms with Gasteiger partial charge in [-0.2, -0.15) is 0 Å². The number of ether oxygens (including phenoxy) is 2. The number of nitrogens with zero attached hydrogens (tertiary/aromatic N) is 2. The molecule has 3 aromatic rings. The zero-order valence-corrected chi connectivity index (χ0v) is 17.5. The number of fused-ring (bicyclic) bond motifs is 1. The second-order valence-corrected chi connectivity index (χ2v) is 7.38. The Morgan fingerprint density at radius 2 is 1.94 bits per heavy atom. The minimum absolute atomic E-state index is 0.0553. The van der Waals surface area contributed by atoms with Gasteiger partial charge in [-0.05, 0) is 42.3 Å². The van der Waals surface area contributed by atoms with Crippen molar-refractivity contribution in [1.82, 2.24) is 4.98 Å². The van der Waals surface area contributed by atoms with Crippen LogP contribution in [0.25, 0.3) is 0 Å². The van der Waals surface area contributed by atoms with E-state index >= 15 is 0 Å². The van der Waals surface area contributed by atoms with Gasteiger partial charge in [0.1, 0.15) is 23.9 Å². The second kappa shape index (κ2) is 9.04. The van der Waals surface area contributed by atoms with Gasteiger partial charge < -0.3 is 19.7 Å². The first-order valence-electron chi connectivity index (χ1n) is 10.1. The van der Waals surface area contributed by atoms with Crippen molar-refractivity contribution in [2.24, 2.45) is 0 Å². The molecule has 2 aromatic carbocycles. The maximum Gasteiger partial charge on any atom is 0.337 e. The predicted molar refractivity (Wildman–Crippen MR) is 117 cm³/mol. The van der Waals surface area contributed by atoms with Crippen molar-refractivity contribution in [2.45, 2.75) is 19.5 Å². The molecule has 1 N–H and O–H groups in total. The molecular formula is C24H24FN3O3. The lowest BCUT2D eigenvalue weighted by molar-refractivity contribution is 0.0600. The Kier molecular flexibility index (Phi) is 6.02. The maximum atomic E-state index is 13.3. The number of aromatic nitrogens is 1. The molecule has 1 aliphatic rings. The highest BCUT2D eigenvalue weighted by Crippen LogP contribution is 2.39. The molecule has 0 saturated carbocycles. The van der Waals surface area contributed by atoms with E-state index in [1.165, 1.54) is 19.2 Å². The molecule has 0 fully saturated rings. The third-order valence-corrected chi connectivity index (χ3v) is 5.29. The molecule has 1 atom stereocenters. The fourth-order valence-electron chi connectivity index (χ4n) is 3.62. The molecule has 1 aromatic heterocycles. The fraction of sp³-hybridized carbons (Fsp3) is 0.250. The number of halogens is 1. The molecule has 7 heteroatoms. The Morgan fingerprint density at radius 1 is 1.19 bits per heavy atom. The van der Waals surface area contributed by atoms with Crippen molar-refractivity contribution in [2.75, 3.05) is 30.5 Å². The smallest absolute Gasteiger partial charge is 0.337 e. The van der Waals surface area contributed by atoms with Crippen molar-refractivity contribution in [3.63, 3.8) is 0 Å². The van der Waals surface area contributed by atoms with E-state index in [4.69, 9.17) is 9.47 Å². The van der Waals surface area contributed by atoms with E-state index in [2.05, 4.69) is 15.2 Å². The summed E-state index contributed by atoms with van der Waals surface area (Å²) < 4.78 is 23.9. The third kappa shape index (κ3) is 4.60. The Hall–Kier alpha value is -3.61. The summed E-state index contributed by atoms with van der Waals surface area (Å²) in [6, 6.07) is 15.6. The van der Waals surface area contributed by atoms with Crippen molar-refractivity contribution in [1.29, 1.82) is 0 Å². The highest BCUT2D eigenvalue weighted by Gasteiger charge is 2.24. The molecule has 0 aliphatic carbocycles. The minimum Gasteiger partial charge on any atom is -0.489 e. The van der Waals surface area contributed by atoms with Crippen LogP contribution in [0, 0.1) is 5.82 Å². The number of rotatable bonds is 6. The van der Waals surface area contributed by atoms with Gasteiger partial charge in [0, 0.05) is 18.8 Å². The zero-order valence-electron chi connectivity index (χ0n) is 17.5. The summed E-state index contributed by atoms with van der Waals surface area (Å²) in [7, 11) is 1.37. The SMILES string of the molecule is COC(=O)c1ccc([C@H](C)Nc2nccc3c2N(Cc2ccc(F)cc2)CCO3)cc1. The molecule has 2 heterocycles. The number of nitrogens with one attached hydrogen (secondary N) is 1. The largest absolute Gasteiger partial charge is 0.489 e. The number of carbonyl (C=O) groups is 1. The molecular weight excluding hydrogens is 397 g/mol. The van der Waals surface area contributed by atoms with E-state index in [1.54, 1.807) is 30.5 Å². The first-order valence-corrected chi connectivity index (χ1v) is 10.1. The molecule has 160 valence electrons. The highest BCUT2D eigenvalue weighted by molar-refractivity contribution is 5.89. The highest BCUT2D eigenvalue weighted by atomic mass is 19.1. The molecule has 31 heavy (non-hydrogen) atoms. The van der Waals surface area contributed by atoms with Crippen molar-refractivity contribution >= 4 is 17.5 Å². The number of pyridine rings is 1. The van der Waals surface area contributed by atoms with Crippen LogP contribution in [0.3, 0.4) is 0 Å². The average molecular weight is 421 g/mol. The summed E-state index contributed by atoms with van der Waals surface area (Å²) in [5, 5.41) is 3.46. The molecule has 4 rings (SSSR count). The fourth-order valence-corrected chi connectivity index (χ4v) is 3.62. The lowest BCUT2D eigenvalue weighted by Crippen LogP contribution is -2.33. The van der Waals surface area contributed by atoms with Crippen molar-refractivity contribution in [3.8, 4) is 5.75 Å². The summed E-state index contributed by atoms with van der Waals surface area (Å²) in [5.41, 5.74) is 3.41. The number of anilines is 2. The number of carbonyl (C=O) groups excluding carboxylic acids is 1. The third-order valence-electron chi connectivity index (χ3n) is 5.29. The summed E-state index contributed by atoms with van der Waals surface area (Å²) in [6.07, 6.45) is 1.72. The Bertz CT molecular complexity index is 1050. The van der Waals surface area contributed by atoms with Gasteiger partial charge >= 0.3 is 5.97 Å². The topological polar surface area (TPSA) is 63.7 Å². The molecule has 0 amide bonds. The standard InChI is InChI=1S/C24H24FN3O3/c1-16(18-5-7-19(8-6-18)24(29)30-2)27-23-22-21(11-12-26-23)31-14-13-28(22)15-17-3-9-20(25)10-4-17/h3-12,16H,13-15H2,1-2H3,(H,26,27)/t16-/m0/s1. The second-order valence-electron chi connectivity index (χ2n) is 7.38. The number of methoxy groups -OCH3 is 1. The quantitative estimate of drug-likeness (QED) is 0.588. The Morgan fingerprint density at radius 3 is 2.65 bits per heavy atom. The van der Waals surface area contributed by atoms with Crippen LogP contribution in [0.4, 0.5) is 15.9 Å². The van der Waals surface area contributed by atoms with E-state index in [1.807, 2.05) is 25.1 Å². The van der Waals surface area contributed by atoms with E-state index in [0.29, 0.717) is 31.1 Å². The molecule has 0 radical (unpaired) electrons. The van der Waals surface area contributed by atoms with Gasteiger partial charge in [0.25, 0.3) is 0 Å². The molecule has 0 bridgehead atoms. The number of hydrogen-bond donors (Lipinski definition) is 1. The van der Waals surface area contributed by atoms with Crippen molar-refractivity contribution < 1.29 is 18.7 Å². The summed E-state index contributed by atoms with van der Waals surface area (Å²) in [5.74, 6) is 0.865. The van der Waals surface area contributed by atoms with E-state index < -0.39 is 0 Å². The summed E-state index contributed by atoms with van der Waals surface area (Å²) in [4.78, 5) is 18.4. The molecule has 0 saturated heterocycles. The van der Waals surface area contributed by atoms with Gasteiger partial charge in [0.15, 0.2) is 5.82 Å². The van der Waals surface area contributed by atoms with Gasteiger partial charge in [0.2, 0.25) is 0 Å². The number of benzene rings is 2. The van der Waals surface area contributed by atoms with Crippen LogP contribution in [-0.2, 0) is 11.3 Å². The van der Waals surface area contributed by atoms with Gasteiger partial charge in [-0.3, -0.25) is 0 Å².